The van der Waals surface area contributed by atoms with Crippen molar-refractivity contribution in [3.63, 3.8) is 0 Å². The second kappa shape index (κ2) is 9.73. The molecule has 2 amide bonds. The molecule has 0 unspecified atom stereocenters. The van der Waals surface area contributed by atoms with Crippen LogP contribution in [0.5, 0.6) is 5.75 Å². The van der Waals surface area contributed by atoms with Gasteiger partial charge in [-0.2, -0.15) is 0 Å². The van der Waals surface area contributed by atoms with E-state index in [1.807, 2.05) is 41.3 Å². The van der Waals surface area contributed by atoms with Crippen molar-refractivity contribution in [3.05, 3.63) is 64.1 Å². The topological polar surface area (TPSA) is 69.6 Å². The third-order valence-corrected chi connectivity index (χ3v) is 5.65. The lowest BCUT2D eigenvalue weighted by Crippen LogP contribution is -2.43. The highest BCUT2D eigenvalue weighted by Crippen LogP contribution is 2.20. The molecule has 2 aromatic carbocycles. The average Bonchev–Trinajstić information content (AvgIpc) is 2.72. The Morgan fingerprint density at radius 3 is 2.32 bits per heavy atom. The summed E-state index contributed by atoms with van der Waals surface area (Å²) in [5.41, 5.74) is 1.83. The SMILES string of the molecule is O=C(NCCCc1ccc(O)cc1)C1CCN(C(=O)c2ccc(Br)cc2)CC1. The molecule has 0 aliphatic carbocycles. The van der Waals surface area contributed by atoms with Crippen LogP contribution in [0.15, 0.2) is 53.0 Å². The quantitative estimate of drug-likeness (QED) is 0.666. The molecule has 1 aliphatic rings. The normalized spacial score (nSPS) is 14.7. The van der Waals surface area contributed by atoms with Crippen LogP contribution in [-0.2, 0) is 11.2 Å². The van der Waals surface area contributed by atoms with Crippen molar-refractivity contribution in [2.45, 2.75) is 25.7 Å². The number of halogens is 1. The number of phenolic OH excluding ortho intramolecular Hbond substituents is 1. The van der Waals surface area contributed by atoms with Crippen LogP contribution in [0.1, 0.15) is 35.2 Å². The maximum atomic E-state index is 12.5. The first-order valence-corrected chi connectivity index (χ1v) is 10.4. The van der Waals surface area contributed by atoms with Gasteiger partial charge in [0.25, 0.3) is 5.91 Å². The number of piperidine rings is 1. The second-order valence-corrected chi connectivity index (χ2v) is 8.05. The lowest BCUT2D eigenvalue weighted by molar-refractivity contribution is -0.126. The molecule has 0 bridgehead atoms. The highest BCUT2D eigenvalue weighted by molar-refractivity contribution is 9.10. The van der Waals surface area contributed by atoms with Crippen LogP contribution in [0.4, 0.5) is 0 Å². The number of amides is 2. The Morgan fingerprint density at radius 1 is 1.04 bits per heavy atom. The van der Waals surface area contributed by atoms with E-state index in [9.17, 15) is 14.7 Å². The van der Waals surface area contributed by atoms with Gasteiger partial charge in [0.1, 0.15) is 5.75 Å². The van der Waals surface area contributed by atoms with Crippen LogP contribution in [0.25, 0.3) is 0 Å². The summed E-state index contributed by atoms with van der Waals surface area (Å²) in [6.45, 7) is 1.86. The molecule has 1 aliphatic heterocycles. The number of phenols is 1. The third-order valence-electron chi connectivity index (χ3n) is 5.12. The Balaban J connectivity index is 1.38. The molecule has 2 aromatic rings. The van der Waals surface area contributed by atoms with Crippen LogP contribution >= 0.6 is 15.9 Å². The first-order chi connectivity index (χ1) is 13.5. The zero-order chi connectivity index (χ0) is 19.9. The number of aromatic hydroxyl groups is 1. The van der Waals surface area contributed by atoms with E-state index in [0.717, 1.165) is 22.9 Å². The minimum absolute atomic E-state index is 0.0253. The molecule has 148 valence electrons. The van der Waals surface area contributed by atoms with Gasteiger partial charge in [-0.05, 0) is 67.6 Å². The highest BCUT2D eigenvalue weighted by atomic mass is 79.9. The van der Waals surface area contributed by atoms with Crippen LogP contribution in [0.2, 0.25) is 0 Å². The van der Waals surface area contributed by atoms with Gasteiger partial charge in [0.05, 0.1) is 0 Å². The molecular weight excluding hydrogens is 420 g/mol. The number of likely N-dealkylation sites (tertiary alicyclic amines) is 1. The lowest BCUT2D eigenvalue weighted by Gasteiger charge is -2.31. The van der Waals surface area contributed by atoms with Crippen molar-refractivity contribution in [1.82, 2.24) is 10.2 Å². The van der Waals surface area contributed by atoms with Gasteiger partial charge in [-0.1, -0.05) is 28.1 Å². The van der Waals surface area contributed by atoms with Crippen molar-refractivity contribution in [2.24, 2.45) is 5.92 Å². The van der Waals surface area contributed by atoms with Crippen molar-refractivity contribution >= 4 is 27.7 Å². The largest absolute Gasteiger partial charge is 0.508 e. The number of carbonyl (C=O) groups excluding carboxylic acids is 2. The van der Waals surface area contributed by atoms with E-state index in [2.05, 4.69) is 21.2 Å². The van der Waals surface area contributed by atoms with Crippen LogP contribution in [0.3, 0.4) is 0 Å². The molecule has 1 fully saturated rings. The van der Waals surface area contributed by atoms with E-state index in [1.54, 1.807) is 12.1 Å². The summed E-state index contributed by atoms with van der Waals surface area (Å²) in [5.74, 6) is 0.353. The van der Waals surface area contributed by atoms with Gasteiger partial charge in [0.15, 0.2) is 0 Å². The molecule has 1 saturated heterocycles. The molecule has 0 radical (unpaired) electrons. The average molecular weight is 445 g/mol. The number of rotatable bonds is 6. The van der Waals surface area contributed by atoms with Crippen molar-refractivity contribution < 1.29 is 14.7 Å². The van der Waals surface area contributed by atoms with Gasteiger partial charge in [0.2, 0.25) is 5.91 Å². The van der Waals surface area contributed by atoms with Gasteiger partial charge >= 0.3 is 0 Å². The maximum absolute atomic E-state index is 12.5. The molecule has 0 atom stereocenters. The number of nitrogens with zero attached hydrogens (tertiary/aromatic N) is 1. The summed E-state index contributed by atoms with van der Waals surface area (Å²) in [6, 6.07) is 14.5. The number of hydrogen-bond donors (Lipinski definition) is 2. The Kier molecular flexibility index (Phi) is 7.09. The van der Waals surface area contributed by atoms with Gasteiger partial charge in [-0.25, -0.2) is 0 Å². The van der Waals surface area contributed by atoms with Gasteiger partial charge < -0.3 is 15.3 Å². The fourth-order valence-corrected chi connectivity index (χ4v) is 3.70. The molecular formula is C22H25BrN2O3. The number of hydrogen-bond acceptors (Lipinski definition) is 3. The van der Waals surface area contributed by atoms with Crippen molar-refractivity contribution in [2.75, 3.05) is 19.6 Å². The van der Waals surface area contributed by atoms with Crippen LogP contribution in [-0.4, -0.2) is 41.5 Å². The Bertz CT molecular complexity index is 798. The van der Waals surface area contributed by atoms with Crippen molar-refractivity contribution in [1.29, 1.82) is 0 Å². The van der Waals surface area contributed by atoms with E-state index < -0.39 is 0 Å². The molecule has 0 aromatic heterocycles. The number of carbonyl (C=O) groups is 2. The smallest absolute Gasteiger partial charge is 0.253 e. The van der Waals surface area contributed by atoms with E-state index in [4.69, 9.17) is 0 Å². The Morgan fingerprint density at radius 2 is 1.68 bits per heavy atom. The number of nitrogens with one attached hydrogen (secondary N) is 1. The molecule has 0 saturated carbocycles. The maximum Gasteiger partial charge on any atom is 0.253 e. The number of benzene rings is 2. The highest BCUT2D eigenvalue weighted by Gasteiger charge is 2.27. The number of aryl methyl sites for hydroxylation is 1. The molecule has 5 nitrogen and oxygen atoms in total. The molecule has 6 heteroatoms. The summed E-state index contributed by atoms with van der Waals surface area (Å²) in [5, 5.41) is 12.3. The standard InChI is InChI=1S/C22H25BrN2O3/c23-19-7-5-18(6-8-19)22(28)25-14-11-17(12-15-25)21(27)24-13-1-2-16-3-9-20(26)10-4-16/h3-10,17,26H,1-2,11-15H2,(H,24,27). The minimum atomic E-state index is -0.0253. The predicted octanol–water partition coefficient (Wildman–Crippen LogP) is 3.76. The minimum Gasteiger partial charge on any atom is -0.508 e. The fraction of sp³-hybridized carbons (Fsp3) is 0.364. The van der Waals surface area contributed by atoms with Gasteiger partial charge in [-0.3, -0.25) is 9.59 Å². The van der Waals surface area contributed by atoms with E-state index in [0.29, 0.717) is 38.0 Å². The van der Waals surface area contributed by atoms with Crippen LogP contribution in [0, 0.1) is 5.92 Å². The lowest BCUT2D eigenvalue weighted by atomic mass is 9.95. The summed E-state index contributed by atoms with van der Waals surface area (Å²) < 4.78 is 0.949. The third kappa shape index (κ3) is 5.58. The van der Waals surface area contributed by atoms with E-state index in [-0.39, 0.29) is 23.5 Å². The zero-order valence-corrected chi connectivity index (χ0v) is 17.3. The molecule has 3 rings (SSSR count). The van der Waals surface area contributed by atoms with Crippen LogP contribution < -0.4 is 5.32 Å². The fourth-order valence-electron chi connectivity index (χ4n) is 3.43. The predicted molar refractivity (Wildman–Crippen MR) is 112 cm³/mol. The summed E-state index contributed by atoms with van der Waals surface area (Å²) in [6.07, 6.45) is 3.12. The summed E-state index contributed by atoms with van der Waals surface area (Å²) in [7, 11) is 0. The van der Waals surface area contributed by atoms with Gasteiger partial charge in [-0.15, -0.1) is 0 Å². The zero-order valence-electron chi connectivity index (χ0n) is 15.7. The summed E-state index contributed by atoms with van der Waals surface area (Å²) >= 11 is 3.38. The Labute approximate surface area is 173 Å². The first kappa shape index (κ1) is 20.4. The monoisotopic (exact) mass is 444 g/mol. The second-order valence-electron chi connectivity index (χ2n) is 7.13. The first-order valence-electron chi connectivity index (χ1n) is 9.63. The molecule has 1 heterocycles. The molecule has 0 spiro atoms. The van der Waals surface area contributed by atoms with Gasteiger partial charge in [0, 0.05) is 35.6 Å². The van der Waals surface area contributed by atoms with E-state index >= 15 is 0 Å². The Hall–Kier alpha value is -2.34. The van der Waals surface area contributed by atoms with Crippen molar-refractivity contribution in [3.8, 4) is 5.75 Å². The molecule has 2 N–H and O–H groups in total. The van der Waals surface area contributed by atoms with E-state index in [1.165, 1.54) is 0 Å². The summed E-state index contributed by atoms with van der Waals surface area (Å²) in [4.78, 5) is 26.8. The molecule has 28 heavy (non-hydrogen) atoms.